The van der Waals surface area contributed by atoms with Crippen molar-refractivity contribution in [1.82, 2.24) is 9.78 Å². The Balaban J connectivity index is 1.64. The van der Waals surface area contributed by atoms with Crippen LogP contribution in [-0.4, -0.2) is 15.7 Å². The molecular formula is C18H17N3O2S. The lowest BCUT2D eigenvalue weighted by Crippen LogP contribution is -2.15. The molecule has 0 saturated carbocycles. The van der Waals surface area contributed by atoms with Crippen LogP contribution in [0.25, 0.3) is 10.4 Å². The first kappa shape index (κ1) is 15.0. The maximum absolute atomic E-state index is 12.6. The van der Waals surface area contributed by atoms with E-state index < -0.39 is 0 Å². The molecule has 0 saturated heterocycles. The maximum Gasteiger partial charge on any atom is 0.266 e. The van der Waals surface area contributed by atoms with E-state index >= 15 is 0 Å². The standard InChI is InChI=1S/C18H17N3O2S/c1-11(2)21-16(7-8-19-21)20-18(22)15-9-12-10-23-14-6-4-3-5-13(14)17(12)24-15/h3-9,11H,10H2,1-2H3,(H,20,22). The fourth-order valence-electron chi connectivity index (χ4n) is 2.81. The Morgan fingerprint density at radius 3 is 3.00 bits per heavy atom. The minimum Gasteiger partial charge on any atom is -0.488 e. The van der Waals surface area contributed by atoms with E-state index in [-0.39, 0.29) is 11.9 Å². The van der Waals surface area contributed by atoms with E-state index in [0.717, 1.165) is 21.8 Å². The predicted octanol–water partition coefficient (Wildman–Crippen LogP) is 4.34. The third-order valence-electron chi connectivity index (χ3n) is 3.95. The van der Waals surface area contributed by atoms with Gasteiger partial charge in [-0.25, -0.2) is 4.68 Å². The molecule has 2 aromatic heterocycles. The zero-order valence-corrected chi connectivity index (χ0v) is 14.3. The summed E-state index contributed by atoms with van der Waals surface area (Å²) in [6.45, 7) is 4.56. The molecule has 6 heteroatoms. The Labute approximate surface area is 143 Å². The van der Waals surface area contributed by atoms with Crippen molar-refractivity contribution in [2.75, 3.05) is 5.32 Å². The number of anilines is 1. The number of amides is 1. The van der Waals surface area contributed by atoms with Crippen molar-refractivity contribution in [2.45, 2.75) is 26.5 Å². The Morgan fingerprint density at radius 2 is 2.17 bits per heavy atom. The summed E-state index contributed by atoms with van der Waals surface area (Å²) >= 11 is 1.50. The molecule has 0 bridgehead atoms. The average Bonchev–Trinajstić information content (AvgIpc) is 3.21. The fourth-order valence-corrected chi connectivity index (χ4v) is 3.91. The number of para-hydroxylation sites is 1. The van der Waals surface area contributed by atoms with Crippen molar-refractivity contribution >= 4 is 23.1 Å². The second kappa shape index (κ2) is 5.79. The number of fused-ring (bicyclic) bond motifs is 3. The van der Waals surface area contributed by atoms with E-state index in [0.29, 0.717) is 17.3 Å². The summed E-state index contributed by atoms with van der Waals surface area (Å²) in [7, 11) is 0. The van der Waals surface area contributed by atoms with Crippen LogP contribution in [0, 0.1) is 0 Å². The third kappa shape index (κ3) is 2.49. The molecule has 1 N–H and O–H groups in total. The molecular weight excluding hydrogens is 322 g/mol. The SMILES string of the molecule is CC(C)n1nccc1NC(=O)c1cc2c(s1)-c1ccccc1OC2. The number of carbonyl (C=O) groups excluding carboxylic acids is 1. The molecule has 1 aromatic carbocycles. The zero-order valence-electron chi connectivity index (χ0n) is 13.4. The summed E-state index contributed by atoms with van der Waals surface area (Å²) in [5, 5.41) is 7.20. The van der Waals surface area contributed by atoms with Crippen LogP contribution in [0.4, 0.5) is 5.82 Å². The van der Waals surface area contributed by atoms with E-state index in [1.807, 2.05) is 50.2 Å². The molecule has 0 unspecified atom stereocenters. The van der Waals surface area contributed by atoms with E-state index in [1.54, 1.807) is 10.9 Å². The molecule has 0 aliphatic carbocycles. The van der Waals surface area contributed by atoms with Gasteiger partial charge in [-0.05, 0) is 32.0 Å². The van der Waals surface area contributed by atoms with Crippen LogP contribution in [0.5, 0.6) is 5.75 Å². The van der Waals surface area contributed by atoms with Gasteiger partial charge in [-0.3, -0.25) is 4.79 Å². The summed E-state index contributed by atoms with van der Waals surface area (Å²) < 4.78 is 7.56. The van der Waals surface area contributed by atoms with Gasteiger partial charge in [0.15, 0.2) is 0 Å². The lowest BCUT2D eigenvalue weighted by atomic mass is 10.1. The number of nitrogens with one attached hydrogen (secondary N) is 1. The molecule has 1 amide bonds. The number of carbonyl (C=O) groups is 1. The van der Waals surface area contributed by atoms with Gasteiger partial charge >= 0.3 is 0 Å². The predicted molar refractivity (Wildman–Crippen MR) is 94.7 cm³/mol. The van der Waals surface area contributed by atoms with Crippen molar-refractivity contribution in [3.05, 3.63) is 53.0 Å². The summed E-state index contributed by atoms with van der Waals surface area (Å²) in [5.41, 5.74) is 2.11. The Hall–Kier alpha value is -2.60. The first-order chi connectivity index (χ1) is 11.6. The highest BCUT2D eigenvalue weighted by molar-refractivity contribution is 7.17. The van der Waals surface area contributed by atoms with E-state index in [9.17, 15) is 4.79 Å². The molecule has 24 heavy (non-hydrogen) atoms. The molecule has 1 aliphatic rings. The Morgan fingerprint density at radius 1 is 1.33 bits per heavy atom. The molecule has 4 rings (SSSR count). The molecule has 3 aromatic rings. The van der Waals surface area contributed by atoms with E-state index in [2.05, 4.69) is 10.4 Å². The number of hydrogen-bond donors (Lipinski definition) is 1. The molecule has 122 valence electrons. The van der Waals surface area contributed by atoms with Gasteiger partial charge in [-0.2, -0.15) is 5.10 Å². The molecule has 0 radical (unpaired) electrons. The van der Waals surface area contributed by atoms with Gasteiger partial charge in [-0.1, -0.05) is 12.1 Å². The zero-order chi connectivity index (χ0) is 16.7. The summed E-state index contributed by atoms with van der Waals surface area (Å²) in [5.74, 6) is 1.46. The van der Waals surface area contributed by atoms with Gasteiger partial charge in [0.05, 0.1) is 11.1 Å². The van der Waals surface area contributed by atoms with Gasteiger partial charge in [0.1, 0.15) is 18.2 Å². The van der Waals surface area contributed by atoms with Crippen molar-refractivity contribution in [3.63, 3.8) is 0 Å². The van der Waals surface area contributed by atoms with E-state index in [4.69, 9.17) is 4.74 Å². The minimum atomic E-state index is -0.116. The monoisotopic (exact) mass is 339 g/mol. The first-order valence-electron chi connectivity index (χ1n) is 7.83. The van der Waals surface area contributed by atoms with E-state index in [1.165, 1.54) is 11.3 Å². The van der Waals surface area contributed by atoms with Crippen LogP contribution in [0.15, 0.2) is 42.6 Å². The number of rotatable bonds is 3. The molecule has 1 aliphatic heterocycles. The van der Waals surface area contributed by atoms with Crippen LogP contribution in [0.2, 0.25) is 0 Å². The van der Waals surface area contributed by atoms with Crippen LogP contribution in [0.3, 0.4) is 0 Å². The van der Waals surface area contributed by atoms with Gasteiger partial charge in [0.25, 0.3) is 5.91 Å². The largest absolute Gasteiger partial charge is 0.488 e. The topological polar surface area (TPSA) is 56.2 Å². The Kier molecular flexibility index (Phi) is 3.61. The lowest BCUT2D eigenvalue weighted by Gasteiger charge is -2.16. The van der Waals surface area contributed by atoms with Crippen LogP contribution >= 0.6 is 11.3 Å². The number of thiophene rings is 1. The van der Waals surface area contributed by atoms with Gasteiger partial charge in [0, 0.05) is 28.1 Å². The average molecular weight is 339 g/mol. The quantitative estimate of drug-likeness (QED) is 0.772. The second-order valence-electron chi connectivity index (χ2n) is 5.96. The summed E-state index contributed by atoms with van der Waals surface area (Å²) in [6.07, 6.45) is 1.69. The van der Waals surface area contributed by atoms with Gasteiger partial charge in [-0.15, -0.1) is 11.3 Å². The highest BCUT2D eigenvalue weighted by Crippen LogP contribution is 2.42. The van der Waals surface area contributed by atoms with Crippen molar-refractivity contribution in [3.8, 4) is 16.2 Å². The first-order valence-corrected chi connectivity index (χ1v) is 8.65. The maximum atomic E-state index is 12.6. The summed E-state index contributed by atoms with van der Waals surface area (Å²) in [4.78, 5) is 14.4. The molecule has 3 heterocycles. The molecule has 0 fully saturated rings. The molecule has 0 spiro atoms. The van der Waals surface area contributed by atoms with Gasteiger partial charge in [0.2, 0.25) is 0 Å². The van der Waals surface area contributed by atoms with Crippen LogP contribution in [0.1, 0.15) is 35.1 Å². The van der Waals surface area contributed by atoms with Crippen LogP contribution in [-0.2, 0) is 6.61 Å². The van der Waals surface area contributed by atoms with Gasteiger partial charge < -0.3 is 10.1 Å². The highest BCUT2D eigenvalue weighted by Gasteiger charge is 2.23. The number of benzene rings is 1. The number of ether oxygens (including phenoxy) is 1. The van der Waals surface area contributed by atoms with Crippen molar-refractivity contribution < 1.29 is 9.53 Å². The third-order valence-corrected chi connectivity index (χ3v) is 5.16. The highest BCUT2D eigenvalue weighted by atomic mass is 32.1. The van der Waals surface area contributed by atoms with Crippen molar-refractivity contribution in [1.29, 1.82) is 0 Å². The number of hydrogen-bond acceptors (Lipinski definition) is 4. The molecule has 5 nitrogen and oxygen atoms in total. The number of nitrogens with zero attached hydrogens (tertiary/aromatic N) is 2. The number of aromatic nitrogens is 2. The minimum absolute atomic E-state index is 0.116. The second-order valence-corrected chi connectivity index (χ2v) is 7.01. The molecule has 0 atom stereocenters. The Bertz CT molecular complexity index is 911. The fraction of sp³-hybridized carbons (Fsp3) is 0.222. The normalized spacial score (nSPS) is 12.5. The summed E-state index contributed by atoms with van der Waals surface area (Å²) in [6, 6.07) is 11.8. The smallest absolute Gasteiger partial charge is 0.266 e. The lowest BCUT2D eigenvalue weighted by molar-refractivity contribution is 0.102. The van der Waals surface area contributed by atoms with Crippen LogP contribution < -0.4 is 10.1 Å². The van der Waals surface area contributed by atoms with Crippen molar-refractivity contribution in [2.24, 2.45) is 0 Å².